The van der Waals surface area contributed by atoms with Crippen molar-refractivity contribution < 1.29 is 23.8 Å². The number of carboxylic acids is 1. The first-order valence-corrected chi connectivity index (χ1v) is 8.47. The van der Waals surface area contributed by atoms with Gasteiger partial charge in [0.2, 0.25) is 11.2 Å². The molecule has 27 heavy (non-hydrogen) atoms. The molecule has 0 saturated carbocycles. The van der Waals surface area contributed by atoms with Crippen LogP contribution in [0.3, 0.4) is 0 Å². The standard InChI is InChI=1S/C21H20O6/c1-11-7-12(2)13(3)17(8-11)27-19-10-25-18-9-15(26-14(4)21(23)24)5-6-16(18)20(19)22/h5-10,14H,1-4H3,(H,23,24). The molecule has 3 aromatic rings. The van der Waals surface area contributed by atoms with Crippen LogP contribution in [0.15, 0.2) is 45.8 Å². The molecular formula is C21H20O6. The van der Waals surface area contributed by atoms with Gasteiger partial charge >= 0.3 is 5.97 Å². The lowest BCUT2D eigenvalue weighted by molar-refractivity contribution is -0.144. The van der Waals surface area contributed by atoms with Crippen molar-refractivity contribution in [3.8, 4) is 17.2 Å². The molecule has 0 fully saturated rings. The Kier molecular flexibility index (Phi) is 4.90. The fraction of sp³-hybridized carbons (Fsp3) is 0.238. The topological polar surface area (TPSA) is 86.0 Å². The number of ether oxygens (including phenoxy) is 2. The van der Waals surface area contributed by atoms with E-state index >= 15 is 0 Å². The maximum absolute atomic E-state index is 12.7. The Bertz CT molecular complexity index is 1080. The molecule has 0 saturated heterocycles. The minimum absolute atomic E-state index is 0.0863. The lowest BCUT2D eigenvalue weighted by Gasteiger charge is -2.12. The average molecular weight is 368 g/mol. The largest absolute Gasteiger partial charge is 0.479 e. The van der Waals surface area contributed by atoms with Crippen molar-refractivity contribution in [2.75, 3.05) is 0 Å². The lowest BCUT2D eigenvalue weighted by Crippen LogP contribution is -2.22. The molecule has 0 bridgehead atoms. The number of rotatable bonds is 5. The first-order valence-electron chi connectivity index (χ1n) is 8.47. The van der Waals surface area contributed by atoms with Crippen molar-refractivity contribution in [1.29, 1.82) is 0 Å². The van der Waals surface area contributed by atoms with Crippen LogP contribution in [-0.4, -0.2) is 17.2 Å². The molecule has 3 rings (SSSR count). The van der Waals surface area contributed by atoms with Gasteiger partial charge in [-0.05, 0) is 62.6 Å². The second-order valence-corrected chi connectivity index (χ2v) is 6.49. The molecule has 6 heteroatoms. The second kappa shape index (κ2) is 7.15. The van der Waals surface area contributed by atoms with Gasteiger partial charge in [0.05, 0.1) is 5.39 Å². The molecule has 0 amide bonds. The molecule has 0 aliphatic heterocycles. The quantitative estimate of drug-likeness (QED) is 0.720. The number of carbonyl (C=O) groups is 1. The van der Waals surface area contributed by atoms with E-state index in [1.807, 2.05) is 32.9 Å². The summed E-state index contributed by atoms with van der Waals surface area (Å²) in [6.45, 7) is 7.30. The SMILES string of the molecule is Cc1cc(C)c(C)c(Oc2coc3cc(OC(C)C(=O)O)ccc3c2=O)c1. The smallest absolute Gasteiger partial charge is 0.344 e. The van der Waals surface area contributed by atoms with Crippen molar-refractivity contribution in [2.45, 2.75) is 33.8 Å². The monoisotopic (exact) mass is 368 g/mol. The van der Waals surface area contributed by atoms with Crippen LogP contribution in [-0.2, 0) is 4.79 Å². The van der Waals surface area contributed by atoms with Gasteiger partial charge in [-0.3, -0.25) is 4.79 Å². The molecule has 6 nitrogen and oxygen atoms in total. The number of hydrogen-bond donors (Lipinski definition) is 1. The average Bonchev–Trinajstić information content (AvgIpc) is 2.61. The van der Waals surface area contributed by atoms with Crippen LogP contribution >= 0.6 is 0 Å². The predicted octanol–water partition coefficient (Wildman–Crippen LogP) is 4.36. The summed E-state index contributed by atoms with van der Waals surface area (Å²) in [6.07, 6.45) is 0.246. The summed E-state index contributed by atoms with van der Waals surface area (Å²) in [6, 6.07) is 8.47. The van der Waals surface area contributed by atoms with Crippen LogP contribution in [0.25, 0.3) is 11.0 Å². The van der Waals surface area contributed by atoms with Gasteiger partial charge in [0.15, 0.2) is 6.10 Å². The predicted molar refractivity (Wildman–Crippen MR) is 101 cm³/mol. The Morgan fingerprint density at radius 2 is 1.85 bits per heavy atom. The highest BCUT2D eigenvalue weighted by molar-refractivity contribution is 5.79. The van der Waals surface area contributed by atoms with Gasteiger partial charge in [0.1, 0.15) is 23.3 Å². The highest BCUT2D eigenvalue weighted by Gasteiger charge is 2.15. The first kappa shape index (κ1) is 18.5. The first-order chi connectivity index (χ1) is 12.8. The molecule has 1 aromatic heterocycles. The van der Waals surface area contributed by atoms with Crippen LogP contribution in [0, 0.1) is 20.8 Å². The second-order valence-electron chi connectivity index (χ2n) is 6.49. The Morgan fingerprint density at radius 3 is 2.56 bits per heavy atom. The number of benzene rings is 2. The number of hydrogen-bond acceptors (Lipinski definition) is 5. The number of aliphatic carboxylic acids is 1. The van der Waals surface area contributed by atoms with E-state index in [9.17, 15) is 9.59 Å². The molecule has 1 N–H and O–H groups in total. The molecule has 1 atom stereocenters. The molecule has 0 radical (unpaired) electrons. The van der Waals surface area contributed by atoms with Crippen LogP contribution in [0.2, 0.25) is 0 Å². The Hall–Kier alpha value is -3.28. The van der Waals surface area contributed by atoms with Crippen LogP contribution in [0.4, 0.5) is 0 Å². The molecule has 0 aliphatic rings. The van der Waals surface area contributed by atoms with Crippen molar-refractivity contribution in [3.05, 3.63) is 63.5 Å². The van der Waals surface area contributed by atoms with Crippen LogP contribution < -0.4 is 14.9 Å². The third kappa shape index (κ3) is 3.79. The molecule has 140 valence electrons. The molecule has 0 spiro atoms. The van der Waals surface area contributed by atoms with Gasteiger partial charge in [-0.25, -0.2) is 4.79 Å². The van der Waals surface area contributed by atoms with Crippen molar-refractivity contribution in [3.63, 3.8) is 0 Å². The van der Waals surface area contributed by atoms with E-state index in [4.69, 9.17) is 19.0 Å². The molecule has 2 aromatic carbocycles. The number of fused-ring (bicyclic) bond motifs is 1. The summed E-state index contributed by atoms with van der Waals surface area (Å²) in [5.74, 6) is -0.0824. The zero-order valence-corrected chi connectivity index (χ0v) is 15.5. The van der Waals surface area contributed by atoms with Crippen molar-refractivity contribution in [2.24, 2.45) is 0 Å². The lowest BCUT2D eigenvalue weighted by atomic mass is 10.1. The molecule has 0 aliphatic carbocycles. The Labute approximate surface area is 156 Å². The van der Waals surface area contributed by atoms with E-state index in [0.717, 1.165) is 16.7 Å². The zero-order chi connectivity index (χ0) is 19.7. The summed E-state index contributed by atoms with van der Waals surface area (Å²) in [5, 5.41) is 9.25. The summed E-state index contributed by atoms with van der Waals surface area (Å²) in [5.41, 5.74) is 3.04. The van der Waals surface area contributed by atoms with E-state index in [-0.39, 0.29) is 11.2 Å². The maximum atomic E-state index is 12.7. The Morgan fingerprint density at radius 1 is 1.11 bits per heavy atom. The summed E-state index contributed by atoms with van der Waals surface area (Å²) < 4.78 is 16.6. The van der Waals surface area contributed by atoms with Gasteiger partial charge in [-0.1, -0.05) is 6.07 Å². The summed E-state index contributed by atoms with van der Waals surface area (Å²) in [7, 11) is 0. The van der Waals surface area contributed by atoms with E-state index in [0.29, 0.717) is 22.5 Å². The van der Waals surface area contributed by atoms with Crippen molar-refractivity contribution in [1.82, 2.24) is 0 Å². The van der Waals surface area contributed by atoms with Gasteiger partial charge in [0, 0.05) is 6.07 Å². The van der Waals surface area contributed by atoms with Gasteiger partial charge in [-0.2, -0.15) is 0 Å². The summed E-state index contributed by atoms with van der Waals surface area (Å²) >= 11 is 0. The van der Waals surface area contributed by atoms with E-state index in [2.05, 4.69) is 0 Å². The van der Waals surface area contributed by atoms with Gasteiger partial charge in [0.25, 0.3) is 0 Å². The number of aryl methyl sites for hydroxylation is 2. The third-order valence-electron chi connectivity index (χ3n) is 4.36. The van der Waals surface area contributed by atoms with E-state index in [1.165, 1.54) is 31.4 Å². The van der Waals surface area contributed by atoms with Crippen LogP contribution in [0.1, 0.15) is 23.6 Å². The van der Waals surface area contributed by atoms with E-state index in [1.54, 1.807) is 0 Å². The molecular weight excluding hydrogens is 348 g/mol. The zero-order valence-electron chi connectivity index (χ0n) is 15.5. The molecule has 1 heterocycles. The molecule has 1 unspecified atom stereocenters. The maximum Gasteiger partial charge on any atom is 0.344 e. The number of carboxylic acid groups (broad SMARTS) is 1. The van der Waals surface area contributed by atoms with Crippen LogP contribution in [0.5, 0.6) is 17.2 Å². The van der Waals surface area contributed by atoms with Gasteiger partial charge < -0.3 is 19.0 Å². The van der Waals surface area contributed by atoms with E-state index < -0.39 is 12.1 Å². The normalized spacial score (nSPS) is 12.0. The fourth-order valence-electron chi connectivity index (χ4n) is 2.71. The summed E-state index contributed by atoms with van der Waals surface area (Å²) in [4.78, 5) is 23.6. The van der Waals surface area contributed by atoms with Gasteiger partial charge in [-0.15, -0.1) is 0 Å². The highest BCUT2D eigenvalue weighted by atomic mass is 16.5. The third-order valence-corrected chi connectivity index (χ3v) is 4.36. The minimum Gasteiger partial charge on any atom is -0.479 e. The fourth-order valence-corrected chi connectivity index (χ4v) is 2.71. The minimum atomic E-state index is -1.08. The highest BCUT2D eigenvalue weighted by Crippen LogP contribution is 2.29. The van der Waals surface area contributed by atoms with Crippen molar-refractivity contribution >= 4 is 16.9 Å². The Balaban J connectivity index is 1.96.